The fourth-order valence-corrected chi connectivity index (χ4v) is 1.92. The van der Waals surface area contributed by atoms with E-state index in [9.17, 15) is 9.90 Å². The van der Waals surface area contributed by atoms with E-state index in [1.807, 2.05) is 19.1 Å². The summed E-state index contributed by atoms with van der Waals surface area (Å²) >= 11 is 0. The molecular formula is C12H16N2O3. The van der Waals surface area contributed by atoms with E-state index in [1.54, 1.807) is 13.1 Å². The summed E-state index contributed by atoms with van der Waals surface area (Å²) in [4.78, 5) is 15.4. The van der Waals surface area contributed by atoms with E-state index < -0.39 is 11.4 Å². The number of carboxylic acids is 1. The molecule has 92 valence electrons. The molecule has 0 aromatic carbocycles. The van der Waals surface area contributed by atoms with Gasteiger partial charge in [-0.05, 0) is 26.0 Å². The predicted molar refractivity (Wildman–Crippen MR) is 62.9 cm³/mol. The van der Waals surface area contributed by atoms with Crippen molar-refractivity contribution in [1.82, 2.24) is 4.98 Å². The average molecular weight is 236 g/mol. The first-order chi connectivity index (χ1) is 8.02. The molecule has 5 heteroatoms. The second-order valence-corrected chi connectivity index (χ2v) is 4.62. The van der Waals surface area contributed by atoms with E-state index in [0.29, 0.717) is 6.61 Å². The van der Waals surface area contributed by atoms with Crippen LogP contribution in [0.1, 0.15) is 12.6 Å². The third-order valence-corrected chi connectivity index (χ3v) is 3.18. The molecule has 1 fully saturated rings. The molecule has 0 aliphatic carbocycles. The van der Waals surface area contributed by atoms with Gasteiger partial charge < -0.3 is 15.2 Å². The summed E-state index contributed by atoms with van der Waals surface area (Å²) in [6.45, 7) is 4.25. The van der Waals surface area contributed by atoms with Crippen molar-refractivity contribution >= 4 is 11.7 Å². The molecular weight excluding hydrogens is 220 g/mol. The van der Waals surface area contributed by atoms with Crippen LogP contribution in [-0.2, 0) is 9.53 Å². The summed E-state index contributed by atoms with van der Waals surface area (Å²) < 4.78 is 5.28. The topological polar surface area (TPSA) is 71.5 Å². The summed E-state index contributed by atoms with van der Waals surface area (Å²) in [6, 6.07) is 3.50. The maximum atomic E-state index is 11.3. The quantitative estimate of drug-likeness (QED) is 0.827. The molecule has 2 rings (SSSR count). The van der Waals surface area contributed by atoms with Gasteiger partial charge in [0, 0.05) is 17.6 Å². The Morgan fingerprint density at radius 3 is 3.12 bits per heavy atom. The number of rotatable bonds is 3. The van der Waals surface area contributed by atoms with Crippen LogP contribution in [0.4, 0.5) is 5.69 Å². The number of carbonyl (C=O) groups is 1. The van der Waals surface area contributed by atoms with Gasteiger partial charge in [-0.2, -0.15) is 0 Å². The van der Waals surface area contributed by atoms with Gasteiger partial charge in [-0.15, -0.1) is 0 Å². The van der Waals surface area contributed by atoms with E-state index in [1.165, 1.54) is 0 Å². The maximum Gasteiger partial charge on any atom is 0.313 e. The molecule has 2 atom stereocenters. The van der Waals surface area contributed by atoms with Gasteiger partial charge in [0.25, 0.3) is 0 Å². The monoisotopic (exact) mass is 236 g/mol. The van der Waals surface area contributed by atoms with E-state index in [4.69, 9.17) is 4.74 Å². The van der Waals surface area contributed by atoms with Gasteiger partial charge in [-0.3, -0.25) is 9.78 Å². The van der Waals surface area contributed by atoms with Crippen LogP contribution in [0, 0.1) is 12.3 Å². The highest BCUT2D eigenvalue weighted by Crippen LogP contribution is 2.31. The Kier molecular flexibility index (Phi) is 3.02. The molecule has 0 amide bonds. The van der Waals surface area contributed by atoms with Gasteiger partial charge in [0.2, 0.25) is 0 Å². The number of aliphatic carboxylic acids is 1. The fraction of sp³-hybridized carbons (Fsp3) is 0.500. The lowest BCUT2D eigenvalue weighted by atomic mass is 9.85. The molecule has 2 heterocycles. The van der Waals surface area contributed by atoms with Crippen molar-refractivity contribution in [3.63, 3.8) is 0 Å². The van der Waals surface area contributed by atoms with Crippen molar-refractivity contribution < 1.29 is 14.6 Å². The van der Waals surface area contributed by atoms with Gasteiger partial charge in [-0.1, -0.05) is 0 Å². The summed E-state index contributed by atoms with van der Waals surface area (Å²) in [6.07, 6.45) is 1.70. The number of nitrogens with one attached hydrogen (secondary N) is 1. The number of carboxylic acid groups (broad SMARTS) is 1. The number of ether oxygens (including phenoxy) is 1. The number of hydrogen-bond acceptors (Lipinski definition) is 4. The summed E-state index contributed by atoms with van der Waals surface area (Å²) in [5.41, 5.74) is 0.892. The molecule has 1 aliphatic rings. The second kappa shape index (κ2) is 4.33. The molecule has 0 radical (unpaired) electrons. The first-order valence-electron chi connectivity index (χ1n) is 5.53. The van der Waals surface area contributed by atoms with Crippen molar-refractivity contribution in [3.05, 3.63) is 24.0 Å². The van der Waals surface area contributed by atoms with Crippen LogP contribution >= 0.6 is 0 Å². The predicted octanol–water partition coefficient (Wildman–Crippen LogP) is 1.29. The Hall–Kier alpha value is -1.62. The lowest BCUT2D eigenvalue weighted by molar-refractivity contribution is -0.148. The minimum absolute atomic E-state index is 0.221. The van der Waals surface area contributed by atoms with Gasteiger partial charge >= 0.3 is 5.97 Å². The standard InChI is InChI=1S/C12H16N2O3/c1-8-5-9(3-4-13-8)14-10-6-17-7-12(10,2)11(15)16/h3-5,10H,6-7H2,1-2H3,(H,13,14)(H,15,16). The Morgan fingerprint density at radius 1 is 1.71 bits per heavy atom. The van der Waals surface area contributed by atoms with Crippen molar-refractivity contribution in [1.29, 1.82) is 0 Å². The first-order valence-corrected chi connectivity index (χ1v) is 5.53. The zero-order chi connectivity index (χ0) is 12.5. The minimum Gasteiger partial charge on any atom is -0.481 e. The Bertz CT molecular complexity index is 436. The zero-order valence-electron chi connectivity index (χ0n) is 9.93. The Balaban J connectivity index is 2.16. The van der Waals surface area contributed by atoms with Crippen LogP contribution in [-0.4, -0.2) is 35.3 Å². The van der Waals surface area contributed by atoms with Crippen molar-refractivity contribution in [2.75, 3.05) is 18.5 Å². The molecule has 0 saturated carbocycles. The molecule has 0 bridgehead atoms. The SMILES string of the molecule is Cc1cc(NC2COCC2(C)C(=O)O)ccn1. The van der Waals surface area contributed by atoms with Crippen LogP contribution in [0.25, 0.3) is 0 Å². The van der Waals surface area contributed by atoms with Gasteiger partial charge in [0.15, 0.2) is 0 Å². The number of aromatic nitrogens is 1. The average Bonchev–Trinajstić information content (AvgIpc) is 2.62. The molecule has 1 aromatic heterocycles. The smallest absolute Gasteiger partial charge is 0.313 e. The van der Waals surface area contributed by atoms with Gasteiger partial charge in [0.05, 0.1) is 19.3 Å². The molecule has 2 unspecified atom stereocenters. The van der Waals surface area contributed by atoms with Crippen LogP contribution in [0.2, 0.25) is 0 Å². The fourth-order valence-electron chi connectivity index (χ4n) is 1.92. The van der Waals surface area contributed by atoms with E-state index in [2.05, 4.69) is 10.3 Å². The first kappa shape index (κ1) is 11.9. The number of pyridine rings is 1. The molecule has 1 aromatic rings. The Morgan fingerprint density at radius 2 is 2.47 bits per heavy atom. The van der Waals surface area contributed by atoms with Crippen LogP contribution in [0.3, 0.4) is 0 Å². The molecule has 1 aliphatic heterocycles. The molecule has 0 spiro atoms. The maximum absolute atomic E-state index is 11.3. The highest BCUT2D eigenvalue weighted by molar-refractivity contribution is 5.76. The molecule has 5 nitrogen and oxygen atoms in total. The highest BCUT2D eigenvalue weighted by atomic mass is 16.5. The summed E-state index contributed by atoms with van der Waals surface area (Å²) in [5.74, 6) is -0.835. The number of anilines is 1. The number of aryl methyl sites for hydroxylation is 1. The van der Waals surface area contributed by atoms with Crippen molar-refractivity contribution in [2.24, 2.45) is 5.41 Å². The summed E-state index contributed by atoms with van der Waals surface area (Å²) in [5, 5.41) is 12.5. The van der Waals surface area contributed by atoms with E-state index in [-0.39, 0.29) is 12.6 Å². The van der Waals surface area contributed by atoms with Crippen molar-refractivity contribution in [3.8, 4) is 0 Å². The normalized spacial score (nSPS) is 28.0. The molecule has 1 saturated heterocycles. The third kappa shape index (κ3) is 2.24. The number of nitrogens with zero attached hydrogens (tertiary/aromatic N) is 1. The summed E-state index contributed by atoms with van der Waals surface area (Å²) in [7, 11) is 0. The van der Waals surface area contributed by atoms with E-state index in [0.717, 1.165) is 11.4 Å². The second-order valence-electron chi connectivity index (χ2n) is 4.62. The highest BCUT2D eigenvalue weighted by Gasteiger charge is 2.46. The van der Waals surface area contributed by atoms with Crippen LogP contribution in [0.5, 0.6) is 0 Å². The molecule has 17 heavy (non-hydrogen) atoms. The zero-order valence-corrected chi connectivity index (χ0v) is 9.93. The van der Waals surface area contributed by atoms with Crippen molar-refractivity contribution in [2.45, 2.75) is 19.9 Å². The van der Waals surface area contributed by atoms with Gasteiger partial charge in [-0.25, -0.2) is 0 Å². The third-order valence-electron chi connectivity index (χ3n) is 3.18. The van der Waals surface area contributed by atoms with E-state index >= 15 is 0 Å². The van der Waals surface area contributed by atoms with Crippen LogP contribution in [0.15, 0.2) is 18.3 Å². The molecule has 2 N–H and O–H groups in total. The van der Waals surface area contributed by atoms with Gasteiger partial charge in [0.1, 0.15) is 5.41 Å². The lowest BCUT2D eigenvalue weighted by Gasteiger charge is -2.26. The van der Waals surface area contributed by atoms with Crippen LogP contribution < -0.4 is 5.32 Å². The number of hydrogen-bond donors (Lipinski definition) is 2. The lowest BCUT2D eigenvalue weighted by Crippen LogP contribution is -2.43. The Labute approximate surface area is 99.8 Å². The largest absolute Gasteiger partial charge is 0.481 e. The minimum atomic E-state index is -0.878.